The van der Waals surface area contributed by atoms with E-state index in [1.807, 2.05) is 34.6 Å². The maximum absolute atomic E-state index is 8.48. The molecule has 0 rings (SSSR count). The van der Waals surface area contributed by atoms with Crippen molar-refractivity contribution < 1.29 is 73.5 Å². The normalized spacial score (nSPS) is 7.91. The van der Waals surface area contributed by atoms with Gasteiger partial charge in [0.2, 0.25) is 0 Å². The molecule has 8 heteroatoms. The molecule has 0 aromatic rings. The van der Waals surface area contributed by atoms with E-state index in [1.54, 1.807) is 0 Å². The molecule has 114 valence electrons. The molecule has 0 aliphatic rings. The second-order valence-electron chi connectivity index (χ2n) is 3.84. The van der Waals surface area contributed by atoms with Gasteiger partial charge in [-0.3, -0.25) is 0 Å². The van der Waals surface area contributed by atoms with Crippen LogP contribution in [0.4, 0.5) is 0 Å². The smallest absolute Gasteiger partial charge is 0.598 e. The summed E-state index contributed by atoms with van der Waals surface area (Å²) in [5.41, 5.74) is 0. The fraction of sp³-hybridized carbons (Fsp3) is 0.429. The van der Waals surface area contributed by atoms with Gasteiger partial charge in [-0.1, -0.05) is 43.7 Å². The third-order valence-electron chi connectivity index (χ3n) is 2.52. The van der Waals surface area contributed by atoms with Crippen molar-refractivity contribution in [3.8, 4) is 0 Å². The molecule has 22 heavy (non-hydrogen) atoms. The summed E-state index contributed by atoms with van der Waals surface area (Å²) in [7, 11) is -3.37. The molecular formula is C14H24N2Na2O3P+. The van der Waals surface area contributed by atoms with E-state index in [9.17, 15) is 0 Å². The van der Waals surface area contributed by atoms with E-state index in [4.69, 9.17) is 14.4 Å². The quantitative estimate of drug-likeness (QED) is 0.218. The zero-order chi connectivity index (χ0) is 15.8. The molecule has 0 spiro atoms. The molecule has 0 bridgehead atoms. The molecule has 0 heterocycles. The van der Waals surface area contributed by atoms with Crippen LogP contribution in [-0.2, 0) is 4.57 Å². The largest absolute Gasteiger partial charge is 1.00 e. The summed E-state index contributed by atoms with van der Waals surface area (Å²) in [6, 6.07) is 0. The molecule has 0 radical (unpaired) electrons. The van der Waals surface area contributed by atoms with Crippen molar-refractivity contribution in [1.82, 2.24) is 9.80 Å². The van der Waals surface area contributed by atoms with Crippen molar-refractivity contribution >= 4 is 8.25 Å². The van der Waals surface area contributed by atoms with Crippen LogP contribution in [0, 0.1) is 0 Å². The van der Waals surface area contributed by atoms with Crippen LogP contribution >= 0.6 is 8.25 Å². The molecule has 0 saturated heterocycles. The van der Waals surface area contributed by atoms with Crippen molar-refractivity contribution in [1.29, 1.82) is 0 Å². The molecule has 0 aromatic carbocycles. The van der Waals surface area contributed by atoms with E-state index in [2.05, 4.69) is 26.3 Å². The third-order valence-corrected chi connectivity index (χ3v) is 2.52. The SMILES string of the molecule is C=CN(C=C)CCCCCCN(C=C)C=C.O=[P+]([O-])[O-].[Na+].[Na+]. The van der Waals surface area contributed by atoms with Gasteiger partial charge in [0.1, 0.15) is 0 Å². The van der Waals surface area contributed by atoms with E-state index in [-0.39, 0.29) is 59.1 Å². The Balaban J connectivity index is -0.000000240. The van der Waals surface area contributed by atoms with E-state index in [1.165, 1.54) is 25.7 Å². The summed E-state index contributed by atoms with van der Waals surface area (Å²) < 4.78 is 8.48. The molecule has 0 fully saturated rings. The summed E-state index contributed by atoms with van der Waals surface area (Å²) >= 11 is 0. The minimum absolute atomic E-state index is 0. The summed E-state index contributed by atoms with van der Waals surface area (Å²) in [4.78, 5) is 21.0. The first-order valence-electron chi connectivity index (χ1n) is 6.35. The molecule has 0 aliphatic carbocycles. The van der Waals surface area contributed by atoms with Crippen LogP contribution < -0.4 is 68.9 Å². The Kier molecular flexibility index (Phi) is 33.0. The molecular weight excluding hydrogens is 321 g/mol. The van der Waals surface area contributed by atoms with Crippen LogP contribution in [-0.4, -0.2) is 22.9 Å². The van der Waals surface area contributed by atoms with Crippen molar-refractivity contribution in [2.75, 3.05) is 13.1 Å². The Hall–Kier alpha value is 0.580. The van der Waals surface area contributed by atoms with Crippen molar-refractivity contribution in [3.63, 3.8) is 0 Å². The maximum Gasteiger partial charge on any atom is 1.00 e. The van der Waals surface area contributed by atoms with Crippen LogP contribution in [0.15, 0.2) is 51.1 Å². The van der Waals surface area contributed by atoms with Crippen LogP contribution in [0.2, 0.25) is 0 Å². The van der Waals surface area contributed by atoms with E-state index < -0.39 is 8.25 Å². The number of unbranched alkanes of at least 4 members (excludes halogenated alkanes) is 3. The minimum Gasteiger partial charge on any atom is -0.598 e. The topological polar surface area (TPSA) is 69.7 Å². The van der Waals surface area contributed by atoms with Crippen LogP contribution in [0.5, 0.6) is 0 Å². The molecule has 0 aromatic heterocycles. The molecule has 0 atom stereocenters. The zero-order valence-corrected chi connectivity index (χ0v) is 18.8. The zero-order valence-electron chi connectivity index (χ0n) is 13.9. The predicted octanol–water partition coefficient (Wildman–Crippen LogP) is -3.90. The Labute approximate surface area is 180 Å². The van der Waals surface area contributed by atoms with Gasteiger partial charge in [0.25, 0.3) is 8.25 Å². The van der Waals surface area contributed by atoms with Gasteiger partial charge in [0, 0.05) is 13.1 Å². The van der Waals surface area contributed by atoms with Gasteiger partial charge in [-0.25, -0.2) is 0 Å². The second-order valence-corrected chi connectivity index (χ2v) is 4.29. The van der Waals surface area contributed by atoms with Gasteiger partial charge in [0.15, 0.2) is 0 Å². The van der Waals surface area contributed by atoms with Gasteiger partial charge < -0.3 is 19.6 Å². The fourth-order valence-electron chi connectivity index (χ4n) is 1.46. The molecule has 5 nitrogen and oxygen atoms in total. The van der Waals surface area contributed by atoms with Gasteiger partial charge in [-0.2, -0.15) is 0 Å². The standard InChI is InChI=1S/C14H24N2.2Na.HO3P/c1-5-15(6-2)13-11-9-10-12-14-16(7-3)8-4;;;1-4(2)3/h5-8H,1-4,9-14H2;;;(H,1,2,3)/q;2*+1;/p-1. The van der Waals surface area contributed by atoms with Gasteiger partial charge in [-0.05, 0) is 37.6 Å². The molecule has 0 aliphatic heterocycles. The minimum atomic E-state index is -3.37. The average molecular weight is 345 g/mol. The van der Waals surface area contributed by atoms with Gasteiger partial charge >= 0.3 is 59.1 Å². The van der Waals surface area contributed by atoms with Crippen LogP contribution in [0.25, 0.3) is 0 Å². The van der Waals surface area contributed by atoms with Crippen LogP contribution in [0.1, 0.15) is 25.7 Å². The average Bonchev–Trinajstić information content (AvgIpc) is 2.42. The maximum atomic E-state index is 8.48. The molecule has 0 N–H and O–H groups in total. The second kappa shape index (κ2) is 23.8. The first-order chi connectivity index (χ1) is 9.51. The fourth-order valence-corrected chi connectivity index (χ4v) is 1.46. The van der Waals surface area contributed by atoms with Crippen molar-refractivity contribution in [2.45, 2.75) is 25.7 Å². The first-order valence-corrected chi connectivity index (χ1v) is 7.44. The Morgan fingerprint density at radius 1 is 0.727 bits per heavy atom. The Morgan fingerprint density at radius 3 is 1.14 bits per heavy atom. The number of hydrogen-bond acceptors (Lipinski definition) is 5. The summed E-state index contributed by atoms with van der Waals surface area (Å²) in [5, 5.41) is 0. The van der Waals surface area contributed by atoms with Crippen molar-refractivity contribution in [2.24, 2.45) is 0 Å². The monoisotopic (exact) mass is 345 g/mol. The van der Waals surface area contributed by atoms with E-state index in [0.717, 1.165) is 13.1 Å². The third kappa shape index (κ3) is 25.5. The first kappa shape index (κ1) is 30.5. The summed E-state index contributed by atoms with van der Waals surface area (Å²) in [6.07, 6.45) is 12.1. The van der Waals surface area contributed by atoms with E-state index >= 15 is 0 Å². The summed E-state index contributed by atoms with van der Waals surface area (Å²) in [6.45, 7) is 16.9. The van der Waals surface area contributed by atoms with Gasteiger partial charge in [0.05, 0.1) is 0 Å². The van der Waals surface area contributed by atoms with Crippen molar-refractivity contribution in [3.05, 3.63) is 51.1 Å². The molecule has 0 saturated carbocycles. The van der Waals surface area contributed by atoms with Gasteiger partial charge in [-0.15, -0.1) is 0 Å². The van der Waals surface area contributed by atoms with E-state index in [0.29, 0.717) is 0 Å². The predicted molar refractivity (Wildman–Crippen MR) is 80.3 cm³/mol. The van der Waals surface area contributed by atoms with Crippen LogP contribution in [0.3, 0.4) is 0 Å². The number of rotatable bonds is 11. The summed E-state index contributed by atoms with van der Waals surface area (Å²) in [5.74, 6) is 0. The Morgan fingerprint density at radius 2 is 0.955 bits per heavy atom. The Bertz CT molecular complexity index is 274. The number of nitrogens with zero attached hydrogens (tertiary/aromatic N) is 2. The molecule has 0 unspecified atom stereocenters. The molecule has 0 amide bonds. The number of hydrogen-bond donors (Lipinski definition) is 0.